The summed E-state index contributed by atoms with van der Waals surface area (Å²) in [6.45, 7) is 3.28. The minimum absolute atomic E-state index is 0.185. The molecule has 1 aliphatic heterocycles. The molecule has 3 nitrogen and oxygen atoms in total. The summed E-state index contributed by atoms with van der Waals surface area (Å²) in [5, 5.41) is 0. The van der Waals surface area contributed by atoms with E-state index >= 15 is 0 Å². The van der Waals surface area contributed by atoms with Crippen LogP contribution in [0.25, 0.3) is 0 Å². The summed E-state index contributed by atoms with van der Waals surface area (Å²) in [5.74, 6) is 0. The largest absolute Gasteiger partial charge is 0.515 e. The summed E-state index contributed by atoms with van der Waals surface area (Å²) in [7, 11) is 0. The maximum absolute atomic E-state index is 9.76. The van der Waals surface area contributed by atoms with Gasteiger partial charge in [-0.2, -0.15) is 0 Å². The number of ether oxygens (including phenoxy) is 2. The van der Waals surface area contributed by atoms with Gasteiger partial charge in [0.2, 0.25) is 0 Å². The third kappa shape index (κ3) is 0.559. The normalized spacial score (nSPS) is 19.1. The van der Waals surface area contributed by atoms with E-state index in [1.807, 2.05) is 0 Å². The van der Waals surface area contributed by atoms with Gasteiger partial charge in [0.1, 0.15) is 0 Å². The summed E-state index contributed by atoms with van der Waals surface area (Å²) < 4.78 is 8.45. The Morgan fingerprint density at radius 2 is 2.14 bits per heavy atom. The van der Waals surface area contributed by atoms with Gasteiger partial charge in [0, 0.05) is 6.08 Å². The number of hydrogen-bond acceptors (Lipinski definition) is 3. The first-order chi connectivity index (χ1) is 3.33. The molecule has 1 fully saturated rings. The molecule has 1 radical (unpaired) electrons. The summed E-state index contributed by atoms with van der Waals surface area (Å²) in [4.78, 5) is 9.76. The molecule has 0 unspecified atom stereocenters. The van der Waals surface area contributed by atoms with Gasteiger partial charge in [-0.1, -0.05) is 6.58 Å². The van der Waals surface area contributed by atoms with Crippen LogP contribution in [-0.2, 0) is 9.47 Å². The fraction of sp³-hybridized carbons (Fsp3) is 0. The molecule has 0 spiro atoms. The lowest BCUT2D eigenvalue weighted by Gasteiger charge is -2.18. The van der Waals surface area contributed by atoms with E-state index in [1.165, 1.54) is 6.08 Å². The summed E-state index contributed by atoms with van der Waals surface area (Å²) in [6, 6.07) is 0. The lowest BCUT2D eigenvalue weighted by atomic mass is 10.6. The highest BCUT2D eigenvalue weighted by atomic mass is 16.9. The Labute approximate surface area is 40.5 Å². The lowest BCUT2D eigenvalue weighted by molar-refractivity contribution is -0.0733. The second-order valence-electron chi connectivity index (χ2n) is 0.977. The number of carbonyl (C=O) groups excluding carboxylic acids is 1. The quantitative estimate of drug-likeness (QED) is 0.456. The fourth-order valence-corrected chi connectivity index (χ4v) is 0.255. The molecule has 0 amide bonds. The van der Waals surface area contributed by atoms with E-state index in [9.17, 15) is 4.79 Å². The average molecular weight is 99.1 g/mol. The first-order valence-electron chi connectivity index (χ1n) is 1.72. The predicted molar refractivity (Wildman–Crippen MR) is 21.0 cm³/mol. The lowest BCUT2D eigenvalue weighted by Crippen LogP contribution is -2.25. The van der Waals surface area contributed by atoms with Crippen LogP contribution in [0.3, 0.4) is 0 Å². The van der Waals surface area contributed by atoms with Gasteiger partial charge in [-0.15, -0.1) is 0 Å². The van der Waals surface area contributed by atoms with Gasteiger partial charge in [-0.3, -0.25) is 0 Å². The van der Waals surface area contributed by atoms with Crippen molar-refractivity contribution in [2.75, 3.05) is 0 Å². The third-order valence-electron chi connectivity index (χ3n) is 0.535. The van der Waals surface area contributed by atoms with E-state index in [0.29, 0.717) is 0 Å². The minimum atomic E-state index is -0.658. The average Bonchev–Trinajstić information content (AvgIpc) is 1.58. The molecule has 1 heterocycles. The van der Waals surface area contributed by atoms with E-state index in [4.69, 9.17) is 0 Å². The molecular formula is C4H3O3. The summed E-state index contributed by atoms with van der Waals surface area (Å²) in [5.41, 5.74) is 0. The number of carbonyl (C=O) groups is 1. The molecular weight excluding hydrogens is 96.0 g/mol. The maximum atomic E-state index is 9.76. The van der Waals surface area contributed by atoms with E-state index < -0.39 is 6.16 Å². The SMILES string of the molecule is C=C[C]1OC(=O)O1. The van der Waals surface area contributed by atoms with Crippen molar-refractivity contribution in [3.05, 3.63) is 18.9 Å². The third-order valence-corrected chi connectivity index (χ3v) is 0.535. The molecule has 1 saturated heterocycles. The van der Waals surface area contributed by atoms with Crippen molar-refractivity contribution in [3.63, 3.8) is 0 Å². The van der Waals surface area contributed by atoms with Crippen LogP contribution in [0.4, 0.5) is 4.79 Å². The summed E-state index contributed by atoms with van der Waals surface area (Å²) >= 11 is 0. The monoisotopic (exact) mass is 99.0 g/mol. The van der Waals surface area contributed by atoms with Crippen molar-refractivity contribution in [2.24, 2.45) is 0 Å². The molecule has 1 rings (SSSR count). The van der Waals surface area contributed by atoms with Crippen LogP contribution in [0, 0.1) is 6.29 Å². The van der Waals surface area contributed by atoms with Crippen LogP contribution < -0.4 is 0 Å². The molecule has 1 aliphatic rings. The van der Waals surface area contributed by atoms with Crippen LogP contribution in [0.2, 0.25) is 0 Å². The van der Waals surface area contributed by atoms with Crippen molar-refractivity contribution in [2.45, 2.75) is 0 Å². The van der Waals surface area contributed by atoms with Crippen LogP contribution in [0.5, 0.6) is 0 Å². The molecule has 0 aromatic rings. The highest BCUT2D eigenvalue weighted by Crippen LogP contribution is 2.17. The Bertz CT molecular complexity index is 99.5. The van der Waals surface area contributed by atoms with Crippen LogP contribution in [0.1, 0.15) is 0 Å². The molecule has 0 aliphatic carbocycles. The number of hydrogen-bond donors (Lipinski definition) is 0. The second-order valence-corrected chi connectivity index (χ2v) is 0.977. The van der Waals surface area contributed by atoms with Crippen LogP contribution in [0.15, 0.2) is 12.7 Å². The Morgan fingerprint density at radius 1 is 1.57 bits per heavy atom. The van der Waals surface area contributed by atoms with E-state index in [-0.39, 0.29) is 6.29 Å². The first kappa shape index (κ1) is 4.18. The molecule has 0 saturated carbocycles. The van der Waals surface area contributed by atoms with E-state index in [2.05, 4.69) is 16.1 Å². The Kier molecular flexibility index (Phi) is 0.749. The van der Waals surface area contributed by atoms with Gasteiger partial charge < -0.3 is 9.47 Å². The Hall–Kier alpha value is -0.990. The molecule has 37 valence electrons. The second kappa shape index (κ2) is 1.26. The van der Waals surface area contributed by atoms with Gasteiger partial charge >= 0.3 is 12.4 Å². The predicted octanol–water partition coefficient (Wildman–Crippen LogP) is 0.829. The highest BCUT2D eigenvalue weighted by Gasteiger charge is 2.29. The van der Waals surface area contributed by atoms with Crippen molar-refractivity contribution < 1.29 is 14.3 Å². The molecule has 0 bridgehead atoms. The van der Waals surface area contributed by atoms with Crippen molar-refractivity contribution >= 4 is 6.16 Å². The molecule has 7 heavy (non-hydrogen) atoms. The van der Waals surface area contributed by atoms with Gasteiger partial charge in [-0.25, -0.2) is 4.79 Å². The Morgan fingerprint density at radius 3 is 2.29 bits per heavy atom. The molecule has 0 N–H and O–H groups in total. The van der Waals surface area contributed by atoms with Gasteiger partial charge in [0.05, 0.1) is 0 Å². The van der Waals surface area contributed by atoms with Crippen molar-refractivity contribution in [1.82, 2.24) is 0 Å². The zero-order valence-corrected chi connectivity index (χ0v) is 3.51. The summed E-state index contributed by atoms with van der Waals surface area (Å²) in [6.07, 6.45) is 0.849. The number of cyclic esters (lactones) is 2. The molecule has 3 heteroatoms. The van der Waals surface area contributed by atoms with Crippen molar-refractivity contribution in [3.8, 4) is 0 Å². The van der Waals surface area contributed by atoms with E-state index in [0.717, 1.165) is 0 Å². The van der Waals surface area contributed by atoms with Crippen LogP contribution >= 0.6 is 0 Å². The number of rotatable bonds is 1. The topological polar surface area (TPSA) is 35.5 Å². The minimum Gasteiger partial charge on any atom is -0.378 e. The zero-order valence-electron chi connectivity index (χ0n) is 3.51. The molecule has 0 atom stereocenters. The smallest absolute Gasteiger partial charge is 0.378 e. The zero-order chi connectivity index (χ0) is 5.28. The van der Waals surface area contributed by atoms with Crippen molar-refractivity contribution in [1.29, 1.82) is 0 Å². The molecule has 0 aromatic carbocycles. The maximum Gasteiger partial charge on any atom is 0.515 e. The highest BCUT2D eigenvalue weighted by molar-refractivity contribution is 5.67. The first-order valence-corrected chi connectivity index (χ1v) is 1.72. The standard InChI is InChI=1S/C4H3O3/c1-2-3-6-4(5)7-3/h2H,1H2. The molecule has 0 aromatic heterocycles. The van der Waals surface area contributed by atoms with Gasteiger partial charge in [-0.05, 0) is 0 Å². The van der Waals surface area contributed by atoms with Gasteiger partial charge in [0.25, 0.3) is 0 Å². The fourth-order valence-electron chi connectivity index (χ4n) is 0.255. The van der Waals surface area contributed by atoms with E-state index in [1.54, 1.807) is 0 Å². The Balaban J connectivity index is 2.29. The van der Waals surface area contributed by atoms with Gasteiger partial charge in [0.15, 0.2) is 0 Å². The van der Waals surface area contributed by atoms with Crippen LogP contribution in [-0.4, -0.2) is 6.16 Å².